The highest BCUT2D eigenvalue weighted by molar-refractivity contribution is 5.91. The van der Waals surface area contributed by atoms with Crippen molar-refractivity contribution in [3.05, 3.63) is 28.7 Å². The summed E-state index contributed by atoms with van der Waals surface area (Å²) in [6, 6.07) is 3.21. The van der Waals surface area contributed by atoms with Crippen molar-refractivity contribution in [2.45, 2.75) is 0 Å². The van der Waals surface area contributed by atoms with Crippen LogP contribution in [0.4, 0.5) is 10.5 Å². The summed E-state index contributed by atoms with van der Waals surface area (Å²) in [5, 5.41) is 8.87. The molecule has 0 aromatic carbocycles. The number of carboxylic acid groups (broad SMARTS) is 1. The SMILES string of the molecule is Nc1c(OC(=O)O)c(=O)[nH]c2ncccc12. The van der Waals surface area contributed by atoms with Gasteiger partial charge in [0.2, 0.25) is 5.75 Å². The number of H-pyrrole nitrogens is 1. The van der Waals surface area contributed by atoms with Crippen LogP contribution in [0.2, 0.25) is 0 Å². The smallest absolute Gasteiger partial charge is 0.449 e. The number of pyridine rings is 2. The molecule has 0 saturated carbocycles. The molecule has 7 heteroatoms. The number of fused-ring (bicyclic) bond motifs is 1. The largest absolute Gasteiger partial charge is 0.511 e. The van der Waals surface area contributed by atoms with Crippen molar-refractivity contribution < 1.29 is 14.6 Å². The monoisotopic (exact) mass is 221 g/mol. The van der Waals surface area contributed by atoms with Crippen LogP contribution in [0.3, 0.4) is 0 Å². The summed E-state index contributed by atoms with van der Waals surface area (Å²) < 4.78 is 4.30. The van der Waals surface area contributed by atoms with E-state index in [0.29, 0.717) is 5.39 Å². The van der Waals surface area contributed by atoms with Crippen molar-refractivity contribution >= 4 is 22.9 Å². The summed E-state index contributed by atoms with van der Waals surface area (Å²) in [7, 11) is 0. The molecule has 2 aromatic heterocycles. The van der Waals surface area contributed by atoms with Gasteiger partial charge in [-0.05, 0) is 12.1 Å². The van der Waals surface area contributed by atoms with Crippen LogP contribution in [0.1, 0.15) is 0 Å². The molecule has 0 bridgehead atoms. The van der Waals surface area contributed by atoms with Gasteiger partial charge in [-0.15, -0.1) is 0 Å². The van der Waals surface area contributed by atoms with E-state index in [9.17, 15) is 9.59 Å². The van der Waals surface area contributed by atoms with Crippen molar-refractivity contribution in [3.63, 3.8) is 0 Å². The van der Waals surface area contributed by atoms with Crippen LogP contribution in [0, 0.1) is 0 Å². The standard InChI is InChI=1S/C9H7N3O4/c10-5-4-2-1-3-11-7(4)12-8(13)6(5)16-9(14)15/h1-3H,(H,14,15)(H3,10,11,12,13). The fraction of sp³-hybridized carbons (Fsp3) is 0. The predicted octanol–water partition coefficient (Wildman–Crippen LogP) is 0.562. The highest BCUT2D eigenvalue weighted by Gasteiger charge is 2.14. The molecular weight excluding hydrogens is 214 g/mol. The molecule has 0 spiro atoms. The zero-order valence-corrected chi connectivity index (χ0v) is 7.93. The molecule has 0 radical (unpaired) electrons. The number of hydrogen-bond acceptors (Lipinski definition) is 5. The van der Waals surface area contributed by atoms with Gasteiger partial charge in [0.05, 0.1) is 5.69 Å². The lowest BCUT2D eigenvalue weighted by Gasteiger charge is -2.05. The highest BCUT2D eigenvalue weighted by Crippen LogP contribution is 2.23. The minimum atomic E-state index is -1.60. The van der Waals surface area contributed by atoms with E-state index >= 15 is 0 Å². The summed E-state index contributed by atoms with van der Waals surface area (Å²) in [6.07, 6.45) is -0.115. The van der Waals surface area contributed by atoms with Gasteiger partial charge in [-0.25, -0.2) is 9.78 Å². The Balaban J connectivity index is 2.75. The van der Waals surface area contributed by atoms with Gasteiger partial charge in [-0.1, -0.05) is 0 Å². The second kappa shape index (κ2) is 3.54. The number of nitrogen functional groups attached to an aromatic ring is 1. The van der Waals surface area contributed by atoms with Gasteiger partial charge >= 0.3 is 6.16 Å². The summed E-state index contributed by atoms with van der Waals surface area (Å²) in [4.78, 5) is 28.0. The fourth-order valence-corrected chi connectivity index (χ4v) is 1.32. The lowest BCUT2D eigenvalue weighted by molar-refractivity contribution is 0.144. The first-order valence-electron chi connectivity index (χ1n) is 4.27. The normalized spacial score (nSPS) is 10.2. The Labute approximate surface area is 88.5 Å². The van der Waals surface area contributed by atoms with E-state index < -0.39 is 17.5 Å². The number of aromatic nitrogens is 2. The molecule has 82 valence electrons. The molecule has 0 saturated heterocycles. The van der Waals surface area contributed by atoms with E-state index in [-0.39, 0.29) is 11.3 Å². The van der Waals surface area contributed by atoms with Crippen molar-refractivity contribution in [2.24, 2.45) is 0 Å². The van der Waals surface area contributed by atoms with Gasteiger partial charge in [-0.3, -0.25) is 4.79 Å². The number of nitrogens with zero attached hydrogens (tertiary/aromatic N) is 1. The number of ether oxygens (including phenoxy) is 1. The molecule has 4 N–H and O–H groups in total. The molecule has 0 aliphatic carbocycles. The molecule has 0 fully saturated rings. The molecule has 0 unspecified atom stereocenters. The van der Waals surface area contributed by atoms with Crippen molar-refractivity contribution in [3.8, 4) is 5.75 Å². The quantitative estimate of drug-likeness (QED) is 0.605. The second-order valence-electron chi connectivity index (χ2n) is 2.96. The van der Waals surface area contributed by atoms with Gasteiger partial charge in [-0.2, -0.15) is 0 Å². The first-order chi connectivity index (χ1) is 7.59. The third-order valence-electron chi connectivity index (χ3n) is 1.97. The van der Waals surface area contributed by atoms with Gasteiger partial charge in [0.1, 0.15) is 5.65 Å². The number of hydrogen-bond donors (Lipinski definition) is 3. The Kier molecular flexibility index (Phi) is 2.20. The van der Waals surface area contributed by atoms with Gasteiger partial charge in [0.15, 0.2) is 0 Å². The first kappa shape index (κ1) is 9.97. The Morgan fingerprint density at radius 3 is 3.00 bits per heavy atom. The lowest BCUT2D eigenvalue weighted by atomic mass is 10.2. The number of nitrogens with one attached hydrogen (secondary N) is 1. The Morgan fingerprint density at radius 1 is 1.56 bits per heavy atom. The molecule has 16 heavy (non-hydrogen) atoms. The Morgan fingerprint density at radius 2 is 2.31 bits per heavy atom. The molecule has 0 aliphatic rings. The van der Waals surface area contributed by atoms with Gasteiger partial charge in [0, 0.05) is 11.6 Å². The van der Waals surface area contributed by atoms with E-state index in [0.717, 1.165) is 0 Å². The molecule has 0 amide bonds. The van der Waals surface area contributed by atoms with Crippen molar-refractivity contribution in [1.29, 1.82) is 0 Å². The highest BCUT2D eigenvalue weighted by atomic mass is 16.7. The topological polar surface area (TPSA) is 118 Å². The van der Waals surface area contributed by atoms with E-state index in [1.54, 1.807) is 12.1 Å². The molecular formula is C9H7N3O4. The van der Waals surface area contributed by atoms with Crippen LogP contribution in [0.25, 0.3) is 11.0 Å². The number of rotatable bonds is 1. The summed E-state index contributed by atoms with van der Waals surface area (Å²) >= 11 is 0. The number of carbonyl (C=O) groups is 1. The third-order valence-corrected chi connectivity index (χ3v) is 1.97. The van der Waals surface area contributed by atoms with Crippen LogP contribution in [-0.4, -0.2) is 21.2 Å². The molecule has 0 aliphatic heterocycles. The molecule has 2 aromatic rings. The Bertz CT molecular complexity index is 620. The zero-order valence-electron chi connectivity index (χ0n) is 7.93. The van der Waals surface area contributed by atoms with Crippen LogP contribution >= 0.6 is 0 Å². The van der Waals surface area contributed by atoms with E-state index in [1.807, 2.05) is 0 Å². The van der Waals surface area contributed by atoms with Crippen LogP contribution in [-0.2, 0) is 0 Å². The molecule has 2 rings (SSSR count). The van der Waals surface area contributed by atoms with Crippen LogP contribution < -0.4 is 16.0 Å². The summed E-state index contributed by atoms with van der Waals surface area (Å²) in [5.41, 5.74) is 5.12. The zero-order chi connectivity index (χ0) is 11.7. The van der Waals surface area contributed by atoms with Crippen molar-refractivity contribution in [2.75, 3.05) is 5.73 Å². The first-order valence-corrected chi connectivity index (χ1v) is 4.27. The summed E-state index contributed by atoms with van der Waals surface area (Å²) in [6.45, 7) is 0. The third kappa shape index (κ3) is 1.54. The number of aromatic amines is 1. The van der Waals surface area contributed by atoms with Gasteiger partial charge < -0.3 is 20.6 Å². The minimum Gasteiger partial charge on any atom is -0.449 e. The lowest BCUT2D eigenvalue weighted by Crippen LogP contribution is -2.17. The molecule has 2 heterocycles. The van der Waals surface area contributed by atoms with E-state index in [2.05, 4.69) is 14.7 Å². The van der Waals surface area contributed by atoms with Crippen LogP contribution in [0.5, 0.6) is 5.75 Å². The number of anilines is 1. The van der Waals surface area contributed by atoms with E-state index in [4.69, 9.17) is 10.8 Å². The Hall–Kier alpha value is -2.57. The van der Waals surface area contributed by atoms with Crippen molar-refractivity contribution in [1.82, 2.24) is 9.97 Å². The average Bonchev–Trinajstić information content (AvgIpc) is 2.24. The maximum Gasteiger partial charge on any atom is 0.511 e. The number of nitrogens with two attached hydrogens (primary N) is 1. The summed E-state index contributed by atoms with van der Waals surface area (Å²) in [5.74, 6) is -0.437. The maximum atomic E-state index is 11.4. The van der Waals surface area contributed by atoms with Crippen LogP contribution in [0.15, 0.2) is 23.1 Å². The second-order valence-corrected chi connectivity index (χ2v) is 2.96. The predicted molar refractivity (Wildman–Crippen MR) is 55.4 cm³/mol. The van der Waals surface area contributed by atoms with Gasteiger partial charge in [0.25, 0.3) is 5.56 Å². The molecule has 0 atom stereocenters. The average molecular weight is 221 g/mol. The minimum absolute atomic E-state index is 0.0470. The fourth-order valence-electron chi connectivity index (χ4n) is 1.32. The maximum absolute atomic E-state index is 11.4. The van der Waals surface area contributed by atoms with E-state index in [1.165, 1.54) is 6.20 Å². The molecule has 7 nitrogen and oxygen atoms in total.